The van der Waals surface area contributed by atoms with E-state index in [0.717, 1.165) is 5.56 Å². The molecule has 0 saturated heterocycles. The average Bonchev–Trinajstić information content (AvgIpc) is 2.03. The van der Waals surface area contributed by atoms with Gasteiger partial charge in [0, 0.05) is 0 Å². The second-order valence-corrected chi connectivity index (χ2v) is 2.09. The first-order valence-electron chi connectivity index (χ1n) is 3.25. The fourth-order valence-electron chi connectivity index (χ4n) is 0.729. The molecule has 2 N–H and O–H groups in total. The van der Waals surface area contributed by atoms with E-state index in [-0.39, 0.29) is 43.8 Å². The van der Waals surface area contributed by atoms with Gasteiger partial charge in [0.25, 0.3) is 0 Å². The van der Waals surface area contributed by atoms with Crippen LogP contribution in [0.4, 0.5) is 4.79 Å². The zero-order chi connectivity index (χ0) is 8.10. The van der Waals surface area contributed by atoms with Crippen LogP contribution in [-0.2, 0) is 11.3 Å². The number of benzene rings is 1. The molecule has 1 aromatic carbocycles. The van der Waals surface area contributed by atoms with Crippen LogP contribution in [0.15, 0.2) is 30.3 Å². The second-order valence-electron chi connectivity index (χ2n) is 2.09. The normalized spacial score (nSPS) is 7.14. The Morgan fingerprint density at radius 1 is 1.14 bits per heavy atom. The Morgan fingerprint density at radius 2 is 1.64 bits per heavy atom. The predicted octanol–water partition coefficient (Wildman–Crippen LogP) is 2.55. The maximum atomic E-state index is 10.2. The summed E-state index contributed by atoms with van der Waals surface area (Å²) in [5, 5.41) is 0. The summed E-state index contributed by atoms with van der Waals surface area (Å²) >= 11 is 0. The number of nitrogens with two attached hydrogens (primary N) is 1. The molecule has 0 aliphatic rings. The van der Waals surface area contributed by atoms with Gasteiger partial charge in [-0.3, -0.25) is 0 Å². The Kier molecular flexibility index (Phi) is 14.2. The van der Waals surface area contributed by atoms with Crippen LogP contribution in [-0.4, -0.2) is 6.09 Å². The van der Waals surface area contributed by atoms with Crippen molar-refractivity contribution in [1.82, 2.24) is 0 Å². The summed E-state index contributed by atoms with van der Waals surface area (Å²) in [5.41, 5.74) is 5.72. The minimum atomic E-state index is -0.742. The van der Waals surface area contributed by atoms with Gasteiger partial charge in [0.1, 0.15) is 6.61 Å². The lowest BCUT2D eigenvalue weighted by molar-refractivity contribution is 0.150. The Labute approximate surface area is 101 Å². The minimum Gasteiger partial charge on any atom is -0.445 e. The van der Waals surface area contributed by atoms with Gasteiger partial charge in [-0.15, -0.1) is 37.2 Å². The lowest BCUT2D eigenvalue weighted by atomic mass is 10.2. The summed E-state index contributed by atoms with van der Waals surface area (Å²) in [4.78, 5) is 10.2. The Morgan fingerprint density at radius 3 is 2.07 bits per heavy atom. The van der Waals surface area contributed by atoms with Crippen molar-refractivity contribution < 1.29 is 9.53 Å². The lowest BCUT2D eigenvalue weighted by Gasteiger charge is -1.99. The number of primary amides is 1. The fraction of sp³-hybridized carbons (Fsp3) is 0.125. The molecule has 0 aliphatic carbocycles. The van der Waals surface area contributed by atoms with Gasteiger partial charge in [-0.2, -0.15) is 0 Å². The van der Waals surface area contributed by atoms with Gasteiger partial charge in [0.2, 0.25) is 0 Å². The maximum absolute atomic E-state index is 10.2. The smallest absolute Gasteiger partial charge is 0.404 e. The molecule has 0 unspecified atom stereocenters. The molecule has 82 valence electrons. The van der Waals surface area contributed by atoms with Crippen molar-refractivity contribution in [1.29, 1.82) is 0 Å². The Hall–Kier alpha value is -0.640. The van der Waals surface area contributed by atoms with Crippen molar-refractivity contribution in [2.45, 2.75) is 6.61 Å². The van der Waals surface area contributed by atoms with Crippen molar-refractivity contribution >= 4 is 43.3 Å². The number of amides is 1. The van der Waals surface area contributed by atoms with Gasteiger partial charge in [-0.25, -0.2) is 4.79 Å². The van der Waals surface area contributed by atoms with Gasteiger partial charge in [0.15, 0.2) is 0 Å². The van der Waals surface area contributed by atoms with Crippen molar-refractivity contribution in [3.63, 3.8) is 0 Å². The van der Waals surface area contributed by atoms with Crippen molar-refractivity contribution in [3.05, 3.63) is 35.9 Å². The third-order valence-corrected chi connectivity index (χ3v) is 1.22. The zero-order valence-electron chi connectivity index (χ0n) is 7.21. The number of rotatable bonds is 2. The quantitative estimate of drug-likeness (QED) is 0.888. The highest BCUT2D eigenvalue weighted by molar-refractivity contribution is 5.86. The minimum absolute atomic E-state index is 0. The summed E-state index contributed by atoms with van der Waals surface area (Å²) < 4.78 is 4.57. The van der Waals surface area contributed by atoms with E-state index in [1.54, 1.807) is 0 Å². The van der Waals surface area contributed by atoms with Crippen molar-refractivity contribution in [3.8, 4) is 0 Å². The fourth-order valence-corrected chi connectivity index (χ4v) is 0.729. The summed E-state index contributed by atoms with van der Waals surface area (Å²) in [6, 6.07) is 9.37. The molecule has 0 saturated carbocycles. The number of hydrogen-bond donors (Lipinski definition) is 1. The number of hydrogen-bond acceptors (Lipinski definition) is 2. The standard InChI is InChI=1S/C8H9NO2.3ClH/c9-8(10)11-6-7-4-2-1-3-5-7;;;/h1-5H,6H2,(H2,9,10);3*1H. The summed E-state index contributed by atoms with van der Waals surface area (Å²) in [6.45, 7) is 0.246. The molecule has 1 aromatic rings. The maximum Gasteiger partial charge on any atom is 0.404 e. The summed E-state index contributed by atoms with van der Waals surface area (Å²) in [5.74, 6) is 0. The lowest BCUT2D eigenvalue weighted by Crippen LogP contribution is -2.12. The van der Waals surface area contributed by atoms with E-state index in [9.17, 15) is 4.79 Å². The van der Waals surface area contributed by atoms with Crippen LogP contribution in [0.5, 0.6) is 0 Å². The van der Waals surface area contributed by atoms with E-state index >= 15 is 0 Å². The number of ether oxygens (including phenoxy) is 1. The van der Waals surface area contributed by atoms with Crippen LogP contribution in [0.25, 0.3) is 0 Å². The zero-order valence-corrected chi connectivity index (χ0v) is 9.66. The van der Waals surface area contributed by atoms with Crippen LogP contribution in [0.1, 0.15) is 5.56 Å². The third-order valence-electron chi connectivity index (χ3n) is 1.22. The average molecular weight is 261 g/mol. The second kappa shape index (κ2) is 10.4. The van der Waals surface area contributed by atoms with E-state index in [2.05, 4.69) is 4.74 Å². The molecule has 3 nitrogen and oxygen atoms in total. The number of carbonyl (C=O) groups is 1. The van der Waals surface area contributed by atoms with E-state index in [4.69, 9.17) is 5.73 Å². The van der Waals surface area contributed by atoms with Crippen molar-refractivity contribution in [2.75, 3.05) is 0 Å². The molecule has 0 aromatic heterocycles. The van der Waals surface area contributed by atoms with Gasteiger partial charge in [0.05, 0.1) is 0 Å². The number of halogens is 3. The molecule has 0 fully saturated rings. The van der Waals surface area contributed by atoms with Crippen LogP contribution in [0.2, 0.25) is 0 Å². The monoisotopic (exact) mass is 259 g/mol. The summed E-state index contributed by atoms with van der Waals surface area (Å²) in [6.07, 6.45) is -0.742. The van der Waals surface area contributed by atoms with Crippen LogP contribution in [0, 0.1) is 0 Å². The SMILES string of the molecule is Cl.Cl.Cl.NC(=O)OCc1ccccc1. The highest BCUT2D eigenvalue weighted by Crippen LogP contribution is 1.99. The Bertz CT molecular complexity index is 244. The van der Waals surface area contributed by atoms with Crippen LogP contribution < -0.4 is 5.73 Å². The highest BCUT2D eigenvalue weighted by atomic mass is 35.5. The third kappa shape index (κ3) is 7.98. The molecule has 14 heavy (non-hydrogen) atoms. The van der Waals surface area contributed by atoms with Crippen molar-refractivity contribution in [2.24, 2.45) is 5.73 Å². The highest BCUT2D eigenvalue weighted by Gasteiger charge is 1.93. The molecule has 1 amide bonds. The molecule has 0 aliphatic heterocycles. The molecular weight excluding hydrogens is 248 g/mol. The number of carbonyl (C=O) groups excluding carboxylic acids is 1. The molecule has 0 atom stereocenters. The van der Waals surface area contributed by atoms with Gasteiger partial charge in [-0.1, -0.05) is 30.3 Å². The van der Waals surface area contributed by atoms with Gasteiger partial charge < -0.3 is 10.5 Å². The van der Waals surface area contributed by atoms with Gasteiger partial charge >= 0.3 is 6.09 Å². The van der Waals surface area contributed by atoms with Crippen LogP contribution in [0.3, 0.4) is 0 Å². The molecule has 0 radical (unpaired) electrons. The first-order valence-corrected chi connectivity index (χ1v) is 3.25. The van der Waals surface area contributed by atoms with E-state index in [1.807, 2.05) is 30.3 Å². The Balaban J connectivity index is -0.000000403. The largest absolute Gasteiger partial charge is 0.445 e. The molecule has 0 heterocycles. The summed E-state index contributed by atoms with van der Waals surface area (Å²) in [7, 11) is 0. The molecule has 6 heteroatoms. The van der Waals surface area contributed by atoms with E-state index in [0.29, 0.717) is 0 Å². The molecular formula is C8H12Cl3NO2. The molecule has 1 rings (SSSR count). The van der Waals surface area contributed by atoms with E-state index < -0.39 is 6.09 Å². The first kappa shape index (κ1) is 19.0. The predicted molar refractivity (Wildman–Crippen MR) is 62.6 cm³/mol. The first-order chi connectivity index (χ1) is 5.29. The molecule has 0 spiro atoms. The van der Waals surface area contributed by atoms with Crippen LogP contribution >= 0.6 is 37.2 Å². The topological polar surface area (TPSA) is 52.3 Å². The van der Waals surface area contributed by atoms with E-state index in [1.165, 1.54) is 0 Å². The molecule has 0 bridgehead atoms. The van der Waals surface area contributed by atoms with Gasteiger partial charge in [-0.05, 0) is 5.56 Å².